The molecule has 1 aromatic carbocycles. The lowest BCUT2D eigenvalue weighted by molar-refractivity contribution is 0.110. The molecule has 92 valence electrons. The molecule has 17 heavy (non-hydrogen) atoms. The molecule has 1 aromatic rings. The molecule has 2 aliphatic rings. The molecular weight excluding hydrogens is 210 g/mol. The van der Waals surface area contributed by atoms with Gasteiger partial charge in [-0.05, 0) is 61.4 Å². The van der Waals surface area contributed by atoms with Crippen LogP contribution in [-0.4, -0.2) is 19.7 Å². The van der Waals surface area contributed by atoms with Crippen LogP contribution in [0, 0.1) is 5.92 Å². The molecule has 2 aliphatic heterocycles. The van der Waals surface area contributed by atoms with Gasteiger partial charge >= 0.3 is 0 Å². The Hall–Kier alpha value is -0.860. The van der Waals surface area contributed by atoms with Crippen LogP contribution in [0.3, 0.4) is 0 Å². The molecule has 0 saturated carbocycles. The van der Waals surface area contributed by atoms with E-state index < -0.39 is 0 Å². The van der Waals surface area contributed by atoms with E-state index in [9.17, 15) is 0 Å². The van der Waals surface area contributed by atoms with Crippen LogP contribution in [0.2, 0.25) is 0 Å². The van der Waals surface area contributed by atoms with Gasteiger partial charge < -0.3 is 10.1 Å². The van der Waals surface area contributed by atoms with Gasteiger partial charge in [0.25, 0.3) is 0 Å². The molecule has 2 nitrogen and oxygen atoms in total. The van der Waals surface area contributed by atoms with Gasteiger partial charge in [-0.15, -0.1) is 0 Å². The van der Waals surface area contributed by atoms with Gasteiger partial charge in [0.1, 0.15) is 0 Å². The Bertz CT molecular complexity index is 383. The molecule has 0 bridgehead atoms. The van der Waals surface area contributed by atoms with Crippen LogP contribution >= 0.6 is 0 Å². The number of fused-ring (bicyclic) bond motifs is 1. The molecule has 0 radical (unpaired) electrons. The standard InChI is InChI=1S/C15H21NO/c1-2-13(10-16-6-1)8-12-3-4-15-11-17-7-5-14(15)9-12/h3-4,9,13,16H,1-2,5-8,10-11H2. The topological polar surface area (TPSA) is 21.3 Å². The fourth-order valence-electron chi connectivity index (χ4n) is 2.98. The summed E-state index contributed by atoms with van der Waals surface area (Å²) in [5.41, 5.74) is 4.42. The number of hydrogen-bond donors (Lipinski definition) is 1. The second kappa shape index (κ2) is 5.19. The van der Waals surface area contributed by atoms with Gasteiger partial charge in [-0.3, -0.25) is 0 Å². The number of benzene rings is 1. The van der Waals surface area contributed by atoms with Crippen LogP contribution in [0.1, 0.15) is 29.5 Å². The molecule has 3 rings (SSSR count). The zero-order valence-electron chi connectivity index (χ0n) is 10.4. The number of hydrogen-bond acceptors (Lipinski definition) is 2. The fourth-order valence-corrected chi connectivity index (χ4v) is 2.98. The lowest BCUT2D eigenvalue weighted by Gasteiger charge is -2.24. The van der Waals surface area contributed by atoms with E-state index in [0.29, 0.717) is 0 Å². The molecule has 1 saturated heterocycles. The quantitative estimate of drug-likeness (QED) is 0.843. The smallest absolute Gasteiger partial charge is 0.0719 e. The van der Waals surface area contributed by atoms with Crippen molar-refractivity contribution in [3.63, 3.8) is 0 Å². The molecule has 2 heterocycles. The summed E-state index contributed by atoms with van der Waals surface area (Å²) in [6, 6.07) is 6.97. The summed E-state index contributed by atoms with van der Waals surface area (Å²) < 4.78 is 5.48. The molecule has 0 aromatic heterocycles. The van der Waals surface area contributed by atoms with Gasteiger partial charge in [0.2, 0.25) is 0 Å². The largest absolute Gasteiger partial charge is 0.376 e. The van der Waals surface area contributed by atoms with Crippen molar-refractivity contribution in [2.75, 3.05) is 19.7 Å². The van der Waals surface area contributed by atoms with Crippen molar-refractivity contribution in [3.8, 4) is 0 Å². The first-order valence-corrected chi connectivity index (χ1v) is 6.81. The Morgan fingerprint density at radius 1 is 1.29 bits per heavy atom. The Kier molecular flexibility index (Phi) is 3.44. The summed E-state index contributed by atoms with van der Waals surface area (Å²) in [5.74, 6) is 0.835. The van der Waals surface area contributed by atoms with Crippen molar-refractivity contribution in [1.82, 2.24) is 5.32 Å². The van der Waals surface area contributed by atoms with Crippen molar-refractivity contribution in [1.29, 1.82) is 0 Å². The Morgan fingerprint density at radius 3 is 3.18 bits per heavy atom. The third-order valence-corrected chi connectivity index (χ3v) is 3.97. The molecule has 1 atom stereocenters. The minimum atomic E-state index is 0.806. The van der Waals surface area contributed by atoms with Crippen LogP contribution in [0.5, 0.6) is 0 Å². The second-order valence-electron chi connectivity index (χ2n) is 5.32. The minimum absolute atomic E-state index is 0.806. The van der Waals surface area contributed by atoms with Crippen LogP contribution in [-0.2, 0) is 24.2 Å². The predicted octanol–water partition coefficient (Wildman–Crippen LogP) is 2.30. The van der Waals surface area contributed by atoms with Crippen molar-refractivity contribution < 1.29 is 4.74 Å². The van der Waals surface area contributed by atoms with E-state index in [0.717, 1.165) is 25.6 Å². The molecule has 0 aliphatic carbocycles. The maximum atomic E-state index is 5.48. The number of nitrogens with one attached hydrogen (secondary N) is 1. The van der Waals surface area contributed by atoms with Crippen molar-refractivity contribution in [3.05, 3.63) is 34.9 Å². The third kappa shape index (κ3) is 2.70. The van der Waals surface area contributed by atoms with Crippen molar-refractivity contribution in [2.45, 2.75) is 32.3 Å². The van der Waals surface area contributed by atoms with Crippen LogP contribution < -0.4 is 5.32 Å². The SMILES string of the molecule is c1cc2c(cc1CC1CCCNC1)CCOC2. The summed E-state index contributed by atoms with van der Waals surface area (Å²) in [4.78, 5) is 0. The van der Waals surface area contributed by atoms with E-state index in [1.54, 1.807) is 0 Å². The third-order valence-electron chi connectivity index (χ3n) is 3.97. The van der Waals surface area contributed by atoms with Gasteiger partial charge in [0, 0.05) is 0 Å². The molecule has 1 fully saturated rings. The first kappa shape index (κ1) is 11.2. The van der Waals surface area contributed by atoms with Gasteiger partial charge in [-0.1, -0.05) is 18.2 Å². The highest BCUT2D eigenvalue weighted by Crippen LogP contribution is 2.22. The van der Waals surface area contributed by atoms with Crippen LogP contribution in [0.25, 0.3) is 0 Å². The summed E-state index contributed by atoms with van der Waals surface area (Å²) in [7, 11) is 0. The Labute approximate surface area is 103 Å². The second-order valence-corrected chi connectivity index (χ2v) is 5.32. The maximum Gasteiger partial charge on any atom is 0.0719 e. The van der Waals surface area contributed by atoms with E-state index in [1.165, 1.54) is 49.0 Å². The first-order valence-electron chi connectivity index (χ1n) is 6.81. The average molecular weight is 231 g/mol. The van der Waals surface area contributed by atoms with Crippen molar-refractivity contribution >= 4 is 0 Å². The summed E-state index contributed by atoms with van der Waals surface area (Å²) in [5, 5.41) is 3.50. The highest BCUT2D eigenvalue weighted by atomic mass is 16.5. The maximum absolute atomic E-state index is 5.48. The van der Waals surface area contributed by atoms with E-state index in [2.05, 4.69) is 23.5 Å². The van der Waals surface area contributed by atoms with Crippen LogP contribution in [0.15, 0.2) is 18.2 Å². The van der Waals surface area contributed by atoms with E-state index in [-0.39, 0.29) is 0 Å². The van der Waals surface area contributed by atoms with Gasteiger partial charge in [0.15, 0.2) is 0 Å². The number of piperidine rings is 1. The minimum Gasteiger partial charge on any atom is -0.376 e. The lowest BCUT2D eigenvalue weighted by Crippen LogP contribution is -2.30. The molecule has 1 N–H and O–H groups in total. The highest BCUT2D eigenvalue weighted by Gasteiger charge is 2.15. The van der Waals surface area contributed by atoms with Crippen molar-refractivity contribution in [2.24, 2.45) is 5.92 Å². The number of rotatable bonds is 2. The Morgan fingerprint density at radius 2 is 2.29 bits per heavy atom. The molecule has 2 heteroatoms. The van der Waals surface area contributed by atoms with Crippen LogP contribution in [0.4, 0.5) is 0 Å². The molecule has 1 unspecified atom stereocenters. The van der Waals surface area contributed by atoms with E-state index in [1.807, 2.05) is 0 Å². The first-order chi connectivity index (χ1) is 8.42. The summed E-state index contributed by atoms with van der Waals surface area (Å²) >= 11 is 0. The summed E-state index contributed by atoms with van der Waals surface area (Å²) in [6.45, 7) is 4.10. The molecular formula is C15H21NO. The van der Waals surface area contributed by atoms with Gasteiger partial charge in [-0.25, -0.2) is 0 Å². The predicted molar refractivity (Wildman–Crippen MR) is 69.1 cm³/mol. The average Bonchev–Trinajstić information content (AvgIpc) is 2.40. The zero-order chi connectivity index (χ0) is 11.5. The monoisotopic (exact) mass is 231 g/mol. The normalized spacial score (nSPS) is 24.4. The van der Waals surface area contributed by atoms with E-state index in [4.69, 9.17) is 4.74 Å². The fraction of sp³-hybridized carbons (Fsp3) is 0.600. The lowest BCUT2D eigenvalue weighted by atomic mass is 9.90. The molecule has 0 spiro atoms. The zero-order valence-corrected chi connectivity index (χ0v) is 10.4. The summed E-state index contributed by atoms with van der Waals surface area (Å²) in [6.07, 6.45) is 5.05. The van der Waals surface area contributed by atoms with E-state index >= 15 is 0 Å². The highest BCUT2D eigenvalue weighted by molar-refractivity contribution is 5.33. The number of ether oxygens (including phenoxy) is 1. The van der Waals surface area contributed by atoms with Gasteiger partial charge in [-0.2, -0.15) is 0 Å². The van der Waals surface area contributed by atoms with Gasteiger partial charge in [0.05, 0.1) is 13.2 Å². The molecule has 0 amide bonds. The Balaban J connectivity index is 1.70.